The molecule has 2 heterocycles. The molecule has 138 valence electrons. The molecule has 0 saturated carbocycles. The van der Waals surface area contributed by atoms with Gasteiger partial charge in [0.2, 0.25) is 5.95 Å². The van der Waals surface area contributed by atoms with Crippen molar-refractivity contribution in [3.63, 3.8) is 0 Å². The van der Waals surface area contributed by atoms with Gasteiger partial charge in [0.05, 0.1) is 5.69 Å². The van der Waals surface area contributed by atoms with Crippen LogP contribution in [-0.4, -0.2) is 30.1 Å². The molecule has 0 spiro atoms. The highest BCUT2D eigenvalue weighted by atomic mass is 15.3. The van der Waals surface area contributed by atoms with Gasteiger partial charge < -0.3 is 9.80 Å². The maximum absolute atomic E-state index is 4.92. The van der Waals surface area contributed by atoms with Crippen molar-refractivity contribution in [3.8, 4) is 11.3 Å². The van der Waals surface area contributed by atoms with Crippen molar-refractivity contribution in [2.75, 3.05) is 29.9 Å². The van der Waals surface area contributed by atoms with E-state index in [0.29, 0.717) is 0 Å². The maximum Gasteiger partial charge on any atom is 0.227 e. The van der Waals surface area contributed by atoms with Gasteiger partial charge in [0.1, 0.15) is 5.82 Å². The molecule has 0 aliphatic carbocycles. The minimum Gasteiger partial charge on any atom is -0.355 e. The van der Waals surface area contributed by atoms with Gasteiger partial charge in [-0.2, -0.15) is 4.98 Å². The molecule has 1 fully saturated rings. The average molecular weight is 358 g/mol. The van der Waals surface area contributed by atoms with E-state index in [-0.39, 0.29) is 0 Å². The molecule has 4 nitrogen and oxygen atoms in total. The van der Waals surface area contributed by atoms with Crippen LogP contribution < -0.4 is 9.80 Å². The van der Waals surface area contributed by atoms with Crippen LogP contribution in [-0.2, 0) is 6.54 Å². The second-order valence-corrected chi connectivity index (χ2v) is 7.17. The van der Waals surface area contributed by atoms with Crippen molar-refractivity contribution in [2.45, 2.75) is 25.8 Å². The number of hydrogen-bond acceptors (Lipinski definition) is 4. The maximum atomic E-state index is 4.92. The second-order valence-electron chi connectivity index (χ2n) is 7.17. The van der Waals surface area contributed by atoms with E-state index in [4.69, 9.17) is 9.97 Å². The van der Waals surface area contributed by atoms with Gasteiger partial charge in [-0.1, -0.05) is 60.7 Å². The average Bonchev–Trinajstić information content (AvgIpc) is 2.75. The van der Waals surface area contributed by atoms with E-state index in [2.05, 4.69) is 77.5 Å². The number of rotatable bonds is 5. The zero-order valence-corrected chi connectivity index (χ0v) is 15.9. The summed E-state index contributed by atoms with van der Waals surface area (Å²) < 4.78 is 0. The van der Waals surface area contributed by atoms with E-state index in [1.54, 1.807) is 0 Å². The molecule has 0 unspecified atom stereocenters. The fourth-order valence-electron chi connectivity index (χ4n) is 3.55. The molecule has 1 aliphatic rings. The molecule has 3 aromatic rings. The van der Waals surface area contributed by atoms with Crippen molar-refractivity contribution < 1.29 is 0 Å². The predicted octanol–water partition coefficient (Wildman–Crippen LogP) is 4.77. The minimum absolute atomic E-state index is 0.825. The summed E-state index contributed by atoms with van der Waals surface area (Å²) in [6.45, 7) is 2.91. The largest absolute Gasteiger partial charge is 0.355 e. The summed E-state index contributed by atoms with van der Waals surface area (Å²) in [5.41, 5.74) is 3.40. The van der Waals surface area contributed by atoms with Crippen molar-refractivity contribution in [1.29, 1.82) is 0 Å². The van der Waals surface area contributed by atoms with Crippen LogP contribution in [0.3, 0.4) is 0 Å². The molecular formula is C23H26N4. The third-order valence-corrected chi connectivity index (χ3v) is 5.06. The van der Waals surface area contributed by atoms with Crippen molar-refractivity contribution in [2.24, 2.45) is 0 Å². The van der Waals surface area contributed by atoms with Gasteiger partial charge in [0.25, 0.3) is 0 Å². The molecule has 1 aromatic heterocycles. The molecule has 0 amide bonds. The van der Waals surface area contributed by atoms with Crippen LogP contribution in [0.1, 0.15) is 24.8 Å². The highest BCUT2D eigenvalue weighted by Crippen LogP contribution is 2.26. The second kappa shape index (κ2) is 8.21. The first-order valence-electron chi connectivity index (χ1n) is 9.74. The molecule has 4 rings (SSSR count). The van der Waals surface area contributed by atoms with Crippen LogP contribution >= 0.6 is 0 Å². The number of piperidine rings is 1. The summed E-state index contributed by atoms with van der Waals surface area (Å²) in [5, 5.41) is 0. The minimum atomic E-state index is 0.825. The number of aromatic nitrogens is 2. The Kier molecular flexibility index (Phi) is 5.33. The molecule has 4 heteroatoms. The Balaban J connectivity index is 1.68. The zero-order valence-electron chi connectivity index (χ0n) is 15.9. The van der Waals surface area contributed by atoms with E-state index in [1.807, 2.05) is 6.07 Å². The highest BCUT2D eigenvalue weighted by molar-refractivity contribution is 5.65. The molecule has 0 atom stereocenters. The van der Waals surface area contributed by atoms with E-state index >= 15 is 0 Å². The molecule has 0 radical (unpaired) electrons. The molecule has 0 N–H and O–H groups in total. The van der Waals surface area contributed by atoms with E-state index in [1.165, 1.54) is 24.8 Å². The van der Waals surface area contributed by atoms with Gasteiger partial charge in [-0.05, 0) is 24.8 Å². The number of benzene rings is 2. The molecule has 1 aliphatic heterocycles. The fraction of sp³-hybridized carbons (Fsp3) is 0.304. The third-order valence-electron chi connectivity index (χ3n) is 5.06. The molecular weight excluding hydrogens is 332 g/mol. The van der Waals surface area contributed by atoms with Gasteiger partial charge in [-0.3, -0.25) is 0 Å². The van der Waals surface area contributed by atoms with Crippen LogP contribution in [0.5, 0.6) is 0 Å². The molecule has 0 bridgehead atoms. The lowest BCUT2D eigenvalue weighted by atomic mass is 10.1. The van der Waals surface area contributed by atoms with Crippen molar-refractivity contribution >= 4 is 11.8 Å². The Morgan fingerprint density at radius 1 is 0.852 bits per heavy atom. The van der Waals surface area contributed by atoms with Crippen LogP contribution in [0.4, 0.5) is 11.8 Å². The van der Waals surface area contributed by atoms with Gasteiger partial charge in [-0.25, -0.2) is 4.98 Å². The Bertz CT molecular complexity index is 858. The zero-order chi connectivity index (χ0) is 18.5. The Hall–Kier alpha value is -2.88. The lowest BCUT2D eigenvalue weighted by molar-refractivity contribution is 0.568. The van der Waals surface area contributed by atoms with E-state index < -0.39 is 0 Å². The SMILES string of the molecule is CN(Cc1ccccc1)c1cc(-c2ccccc2)nc(N2CCCCC2)n1. The first-order chi connectivity index (χ1) is 13.3. The fourth-order valence-corrected chi connectivity index (χ4v) is 3.55. The summed E-state index contributed by atoms with van der Waals surface area (Å²) in [4.78, 5) is 14.4. The lowest BCUT2D eigenvalue weighted by Crippen LogP contribution is -2.31. The molecule has 27 heavy (non-hydrogen) atoms. The summed E-state index contributed by atoms with van der Waals surface area (Å²) in [5.74, 6) is 1.82. The quantitative estimate of drug-likeness (QED) is 0.658. The predicted molar refractivity (Wildman–Crippen MR) is 112 cm³/mol. The number of nitrogens with zero attached hydrogens (tertiary/aromatic N) is 4. The Morgan fingerprint density at radius 2 is 1.52 bits per heavy atom. The topological polar surface area (TPSA) is 32.3 Å². The van der Waals surface area contributed by atoms with Crippen molar-refractivity contribution in [1.82, 2.24) is 9.97 Å². The van der Waals surface area contributed by atoms with Crippen LogP contribution in [0.2, 0.25) is 0 Å². The first-order valence-corrected chi connectivity index (χ1v) is 9.74. The summed E-state index contributed by atoms with van der Waals surface area (Å²) in [6, 6.07) is 23.0. The van der Waals surface area contributed by atoms with Crippen molar-refractivity contribution in [3.05, 3.63) is 72.3 Å². The normalized spacial score (nSPS) is 14.2. The molecule has 1 saturated heterocycles. The van der Waals surface area contributed by atoms with Gasteiger partial charge in [0, 0.05) is 38.3 Å². The Morgan fingerprint density at radius 3 is 2.22 bits per heavy atom. The first kappa shape index (κ1) is 17.5. The summed E-state index contributed by atoms with van der Waals surface area (Å²) in [7, 11) is 2.10. The summed E-state index contributed by atoms with van der Waals surface area (Å²) >= 11 is 0. The third kappa shape index (κ3) is 4.27. The van der Waals surface area contributed by atoms with Gasteiger partial charge in [0.15, 0.2) is 0 Å². The lowest BCUT2D eigenvalue weighted by Gasteiger charge is -2.28. The summed E-state index contributed by atoms with van der Waals surface area (Å²) in [6.07, 6.45) is 3.73. The highest BCUT2D eigenvalue weighted by Gasteiger charge is 2.17. The van der Waals surface area contributed by atoms with Gasteiger partial charge >= 0.3 is 0 Å². The van der Waals surface area contributed by atoms with E-state index in [9.17, 15) is 0 Å². The Labute approximate surface area is 161 Å². The van der Waals surface area contributed by atoms with E-state index in [0.717, 1.165) is 42.7 Å². The van der Waals surface area contributed by atoms with Crippen LogP contribution in [0.25, 0.3) is 11.3 Å². The molecule has 2 aromatic carbocycles. The van der Waals surface area contributed by atoms with Crippen LogP contribution in [0.15, 0.2) is 66.7 Å². The monoisotopic (exact) mass is 358 g/mol. The van der Waals surface area contributed by atoms with Gasteiger partial charge in [-0.15, -0.1) is 0 Å². The number of anilines is 2. The number of hydrogen-bond donors (Lipinski definition) is 0. The van der Waals surface area contributed by atoms with Crippen LogP contribution in [0, 0.1) is 0 Å². The standard InChI is InChI=1S/C23H26N4/c1-26(18-19-11-5-2-6-12-19)22-17-21(20-13-7-3-8-14-20)24-23(25-22)27-15-9-4-10-16-27/h2-3,5-8,11-14,17H,4,9-10,15-16,18H2,1H3. The smallest absolute Gasteiger partial charge is 0.227 e.